The molecule has 2 rings (SSSR count). The van der Waals surface area contributed by atoms with E-state index in [1.165, 1.54) is 26.1 Å². The lowest BCUT2D eigenvalue weighted by atomic mass is 10.1. The topological polar surface area (TPSA) is 95.5 Å². The molecule has 104 valence electrons. The zero-order valence-corrected chi connectivity index (χ0v) is 11.8. The summed E-state index contributed by atoms with van der Waals surface area (Å²) >= 11 is 0. The molecule has 8 heteroatoms. The van der Waals surface area contributed by atoms with Gasteiger partial charge in [0.25, 0.3) is 0 Å². The van der Waals surface area contributed by atoms with E-state index in [0.29, 0.717) is 6.04 Å². The van der Waals surface area contributed by atoms with Crippen molar-refractivity contribution in [1.82, 2.24) is 9.80 Å². The predicted molar refractivity (Wildman–Crippen MR) is 74.4 cm³/mol. The Morgan fingerprint density at radius 1 is 1.00 bits per heavy atom. The molecule has 5 nitrogen and oxygen atoms in total. The second-order valence-electron chi connectivity index (χ2n) is 3.91. The predicted octanol–water partition coefficient (Wildman–Crippen LogP) is -1.05. The quantitative estimate of drug-likeness (QED) is 0.618. The van der Waals surface area contributed by atoms with Crippen LogP contribution in [0.1, 0.15) is 6.42 Å². The molecule has 2 aliphatic rings. The number of nitrogens with zero attached hydrogens (tertiary/aromatic N) is 2. The Morgan fingerprint density at radius 2 is 1.56 bits per heavy atom. The zero-order valence-electron chi connectivity index (χ0n) is 9.39. The molecule has 0 aromatic heterocycles. The maximum Gasteiger partial charge on any atom is 0.0239 e. The van der Waals surface area contributed by atoms with Gasteiger partial charge in [-0.3, -0.25) is 4.90 Å². The summed E-state index contributed by atoms with van der Waals surface area (Å²) in [5.41, 5.74) is 5.88. The van der Waals surface area contributed by atoms with Gasteiger partial charge in [-0.25, -0.2) is 0 Å². The molecule has 2 aliphatic heterocycles. The minimum atomic E-state index is 0. The second kappa shape index (κ2) is 10.8. The van der Waals surface area contributed by atoms with E-state index in [0.717, 1.165) is 12.6 Å². The van der Waals surface area contributed by atoms with E-state index in [9.17, 15) is 0 Å². The van der Waals surface area contributed by atoms with Crippen LogP contribution in [0.5, 0.6) is 0 Å². The summed E-state index contributed by atoms with van der Waals surface area (Å²) < 4.78 is 0. The molecule has 0 radical (unpaired) electrons. The van der Waals surface area contributed by atoms with Gasteiger partial charge in [-0.15, -0.1) is 37.2 Å². The van der Waals surface area contributed by atoms with Gasteiger partial charge in [-0.1, -0.05) is 0 Å². The number of rotatable bonds is 0. The van der Waals surface area contributed by atoms with E-state index in [4.69, 9.17) is 5.73 Å². The minimum Gasteiger partial charge on any atom is -0.412 e. The van der Waals surface area contributed by atoms with Crippen LogP contribution in [-0.4, -0.2) is 66.1 Å². The van der Waals surface area contributed by atoms with E-state index >= 15 is 0 Å². The lowest BCUT2D eigenvalue weighted by Crippen LogP contribution is -2.48. The molecule has 6 N–H and O–H groups in total. The van der Waals surface area contributed by atoms with Crippen LogP contribution in [0, 0.1) is 0 Å². The standard InChI is InChI=1S/C8H17N3.3ClH.2H2O/c1-10-2-3-11-5-7(9)4-8(11)6-10;;;;;/h7-8H,2-6,9H2,1H3;3*1H;2*1H2/t7-,8-;;;;;/m0...../s1. The van der Waals surface area contributed by atoms with Gasteiger partial charge in [0.2, 0.25) is 0 Å². The highest BCUT2D eigenvalue weighted by Crippen LogP contribution is 2.19. The largest absolute Gasteiger partial charge is 0.412 e. The summed E-state index contributed by atoms with van der Waals surface area (Å²) in [6, 6.07) is 1.19. The van der Waals surface area contributed by atoms with Gasteiger partial charge in [0.15, 0.2) is 0 Å². The fourth-order valence-corrected chi connectivity index (χ4v) is 2.24. The van der Waals surface area contributed by atoms with Gasteiger partial charge in [-0.2, -0.15) is 0 Å². The fraction of sp³-hybridized carbons (Fsp3) is 1.00. The Labute approximate surface area is 116 Å². The Kier molecular flexibility index (Phi) is 17.2. The van der Waals surface area contributed by atoms with E-state index in [-0.39, 0.29) is 48.2 Å². The van der Waals surface area contributed by atoms with Gasteiger partial charge in [0, 0.05) is 38.3 Å². The summed E-state index contributed by atoms with van der Waals surface area (Å²) in [6.07, 6.45) is 1.20. The van der Waals surface area contributed by atoms with Crippen LogP contribution in [-0.2, 0) is 0 Å². The van der Waals surface area contributed by atoms with Crippen LogP contribution in [0.25, 0.3) is 0 Å². The summed E-state index contributed by atoms with van der Waals surface area (Å²) in [7, 11) is 2.20. The number of likely N-dealkylation sites (N-methyl/N-ethyl adjacent to an activating group) is 1. The zero-order chi connectivity index (χ0) is 7.84. The van der Waals surface area contributed by atoms with Crippen molar-refractivity contribution in [2.24, 2.45) is 5.73 Å². The third-order valence-electron chi connectivity index (χ3n) is 2.85. The molecule has 0 unspecified atom stereocenters. The number of nitrogens with two attached hydrogens (primary N) is 1. The smallest absolute Gasteiger partial charge is 0.0239 e. The summed E-state index contributed by atoms with van der Waals surface area (Å²) in [6.45, 7) is 4.77. The van der Waals surface area contributed by atoms with Crippen molar-refractivity contribution in [3.8, 4) is 0 Å². The molecule has 0 amide bonds. The van der Waals surface area contributed by atoms with Gasteiger partial charge in [-0.05, 0) is 13.5 Å². The van der Waals surface area contributed by atoms with Crippen LogP contribution >= 0.6 is 37.2 Å². The van der Waals surface area contributed by atoms with E-state index in [1.807, 2.05) is 0 Å². The molecule has 0 spiro atoms. The van der Waals surface area contributed by atoms with Crippen molar-refractivity contribution in [1.29, 1.82) is 0 Å². The molecule has 0 aliphatic carbocycles. The molecular weight excluding hydrogens is 276 g/mol. The Balaban J connectivity index is -0.000000144. The first-order chi connectivity index (χ1) is 5.25. The summed E-state index contributed by atoms with van der Waals surface area (Å²) in [5.74, 6) is 0. The van der Waals surface area contributed by atoms with Crippen LogP contribution in [0.2, 0.25) is 0 Å². The highest BCUT2D eigenvalue weighted by Gasteiger charge is 2.33. The van der Waals surface area contributed by atoms with E-state index in [1.54, 1.807) is 0 Å². The number of fused-ring (bicyclic) bond motifs is 1. The maximum absolute atomic E-state index is 5.88. The molecule has 2 heterocycles. The van der Waals surface area contributed by atoms with Crippen molar-refractivity contribution in [2.45, 2.75) is 18.5 Å². The molecule has 0 aromatic carbocycles. The first kappa shape index (κ1) is 25.5. The SMILES string of the molecule is CN1CCN2C[C@@H](N)C[C@H]2C1.Cl.Cl.Cl.O.O. The average Bonchev–Trinajstić information content (AvgIpc) is 2.27. The van der Waals surface area contributed by atoms with Crippen LogP contribution in [0.4, 0.5) is 0 Å². The molecule has 0 saturated carbocycles. The average molecular weight is 301 g/mol. The highest BCUT2D eigenvalue weighted by atomic mass is 35.5. The molecular formula is C8H24Cl3N3O2. The third-order valence-corrected chi connectivity index (χ3v) is 2.85. The first-order valence-electron chi connectivity index (χ1n) is 4.44. The van der Waals surface area contributed by atoms with Gasteiger partial charge in [0.05, 0.1) is 0 Å². The van der Waals surface area contributed by atoms with Crippen molar-refractivity contribution in [2.75, 3.05) is 33.2 Å². The molecule has 16 heavy (non-hydrogen) atoms. The van der Waals surface area contributed by atoms with Crippen molar-refractivity contribution in [3.05, 3.63) is 0 Å². The molecule has 2 atom stereocenters. The van der Waals surface area contributed by atoms with Gasteiger partial charge >= 0.3 is 0 Å². The van der Waals surface area contributed by atoms with E-state index in [2.05, 4.69) is 16.8 Å². The Morgan fingerprint density at radius 3 is 2.12 bits per heavy atom. The van der Waals surface area contributed by atoms with Gasteiger partial charge in [0.1, 0.15) is 0 Å². The van der Waals surface area contributed by atoms with Gasteiger partial charge < -0.3 is 21.6 Å². The molecule has 2 fully saturated rings. The monoisotopic (exact) mass is 299 g/mol. The first-order valence-corrected chi connectivity index (χ1v) is 4.44. The normalized spacial score (nSPS) is 28.1. The molecule has 0 bridgehead atoms. The summed E-state index contributed by atoms with van der Waals surface area (Å²) in [4.78, 5) is 4.93. The number of hydrogen-bond donors (Lipinski definition) is 1. The lowest BCUT2D eigenvalue weighted by molar-refractivity contribution is 0.124. The highest BCUT2D eigenvalue weighted by molar-refractivity contribution is 5.86. The minimum absolute atomic E-state index is 0. The Bertz CT molecular complexity index is 167. The maximum atomic E-state index is 5.88. The summed E-state index contributed by atoms with van der Waals surface area (Å²) in [5, 5.41) is 0. The third kappa shape index (κ3) is 5.84. The van der Waals surface area contributed by atoms with E-state index < -0.39 is 0 Å². The van der Waals surface area contributed by atoms with Crippen LogP contribution < -0.4 is 5.73 Å². The molecule has 0 aromatic rings. The number of halogens is 3. The molecule has 2 saturated heterocycles. The number of hydrogen-bond acceptors (Lipinski definition) is 3. The fourth-order valence-electron chi connectivity index (χ4n) is 2.24. The van der Waals surface area contributed by atoms with Crippen molar-refractivity contribution in [3.63, 3.8) is 0 Å². The van der Waals surface area contributed by atoms with Crippen molar-refractivity contribution < 1.29 is 11.0 Å². The van der Waals surface area contributed by atoms with Crippen LogP contribution in [0.3, 0.4) is 0 Å². The van der Waals surface area contributed by atoms with Crippen molar-refractivity contribution >= 4 is 37.2 Å². The number of piperazine rings is 1. The lowest BCUT2D eigenvalue weighted by Gasteiger charge is -2.35. The Hall–Kier alpha value is 0.670. The van der Waals surface area contributed by atoms with Crippen LogP contribution in [0.15, 0.2) is 0 Å². The second-order valence-corrected chi connectivity index (χ2v) is 3.91.